The number of alkyl halides is 1. The molecule has 2 aliphatic rings. The van der Waals surface area contributed by atoms with Gasteiger partial charge in [-0.25, -0.2) is 0 Å². The molecule has 3 atom stereocenters. The van der Waals surface area contributed by atoms with Gasteiger partial charge < -0.3 is 4.43 Å². The molecule has 0 bridgehead atoms. The molecule has 0 radical (unpaired) electrons. The van der Waals surface area contributed by atoms with E-state index in [1.807, 2.05) is 0 Å². The predicted molar refractivity (Wildman–Crippen MR) is 58.8 cm³/mol. The molecular formula is C10H19ClOSi. The highest BCUT2D eigenvalue weighted by molar-refractivity contribution is 6.70. The first-order valence-corrected chi connectivity index (χ1v) is 9.14. The monoisotopic (exact) mass is 218 g/mol. The second-order valence-electron chi connectivity index (χ2n) is 5.42. The van der Waals surface area contributed by atoms with Gasteiger partial charge in [0.1, 0.15) is 0 Å². The van der Waals surface area contributed by atoms with Gasteiger partial charge in [-0.2, -0.15) is 0 Å². The standard InChI is InChI=1S/C10H19ClOSi/c1-13(2,3)12-10-7-5-4-6-8(10)9(10)11/h8-9H,4-7H2,1-3H3. The third-order valence-corrected chi connectivity index (χ3v) is 4.83. The molecule has 2 rings (SSSR count). The quantitative estimate of drug-likeness (QED) is 0.510. The van der Waals surface area contributed by atoms with Gasteiger partial charge in [-0.05, 0) is 32.5 Å². The van der Waals surface area contributed by atoms with Gasteiger partial charge in [0.25, 0.3) is 0 Å². The minimum absolute atomic E-state index is 0.115. The Balaban J connectivity index is 2.05. The van der Waals surface area contributed by atoms with E-state index in [4.69, 9.17) is 16.0 Å². The normalized spacial score (nSPS) is 44.3. The Morgan fingerprint density at radius 1 is 1.31 bits per heavy atom. The van der Waals surface area contributed by atoms with E-state index < -0.39 is 8.32 Å². The Labute approximate surface area is 86.9 Å². The van der Waals surface area contributed by atoms with Crippen LogP contribution in [0.15, 0.2) is 0 Å². The van der Waals surface area contributed by atoms with Crippen LogP contribution in [0.3, 0.4) is 0 Å². The molecule has 13 heavy (non-hydrogen) atoms. The zero-order chi connectivity index (χ0) is 9.69. The molecule has 0 aromatic carbocycles. The Morgan fingerprint density at radius 3 is 2.54 bits per heavy atom. The summed E-state index contributed by atoms with van der Waals surface area (Å²) < 4.78 is 6.26. The van der Waals surface area contributed by atoms with Crippen molar-refractivity contribution in [1.82, 2.24) is 0 Å². The average Bonchev–Trinajstić information content (AvgIpc) is 2.54. The number of halogens is 1. The van der Waals surface area contributed by atoms with E-state index in [0.717, 1.165) is 0 Å². The Hall–Kier alpha value is 0.467. The summed E-state index contributed by atoms with van der Waals surface area (Å²) in [7, 11) is -1.40. The molecule has 3 unspecified atom stereocenters. The van der Waals surface area contributed by atoms with Gasteiger partial charge in [-0.1, -0.05) is 12.8 Å². The van der Waals surface area contributed by atoms with Crippen molar-refractivity contribution in [2.75, 3.05) is 0 Å². The van der Waals surface area contributed by atoms with Gasteiger partial charge in [-0.15, -0.1) is 11.6 Å². The van der Waals surface area contributed by atoms with Crippen molar-refractivity contribution in [3.63, 3.8) is 0 Å². The van der Waals surface area contributed by atoms with Crippen LogP contribution in [0.5, 0.6) is 0 Å². The molecule has 0 amide bonds. The first-order valence-electron chi connectivity index (χ1n) is 5.30. The fourth-order valence-corrected chi connectivity index (χ4v) is 4.85. The lowest BCUT2D eigenvalue weighted by Gasteiger charge is -2.29. The van der Waals surface area contributed by atoms with Gasteiger partial charge in [0.05, 0.1) is 11.0 Å². The molecule has 0 spiro atoms. The lowest BCUT2D eigenvalue weighted by Crippen LogP contribution is -2.36. The highest BCUT2D eigenvalue weighted by Crippen LogP contribution is 2.60. The van der Waals surface area contributed by atoms with Crippen LogP contribution in [0.4, 0.5) is 0 Å². The summed E-state index contributed by atoms with van der Waals surface area (Å²) >= 11 is 6.32. The largest absolute Gasteiger partial charge is 0.410 e. The SMILES string of the molecule is C[Si](C)(C)OC12CCCCC1C2Cl. The maximum Gasteiger partial charge on any atom is 0.184 e. The molecule has 2 fully saturated rings. The second-order valence-corrected chi connectivity index (χ2v) is 10.3. The van der Waals surface area contributed by atoms with Gasteiger partial charge in [-0.3, -0.25) is 0 Å². The van der Waals surface area contributed by atoms with Crippen molar-refractivity contribution in [1.29, 1.82) is 0 Å². The molecule has 3 heteroatoms. The van der Waals surface area contributed by atoms with Crippen LogP contribution in [-0.2, 0) is 4.43 Å². The van der Waals surface area contributed by atoms with E-state index >= 15 is 0 Å². The maximum absolute atomic E-state index is 6.32. The minimum atomic E-state index is -1.40. The van der Waals surface area contributed by atoms with Crippen molar-refractivity contribution in [2.24, 2.45) is 5.92 Å². The predicted octanol–water partition coefficient (Wildman–Crippen LogP) is 3.39. The second kappa shape index (κ2) is 2.98. The van der Waals surface area contributed by atoms with E-state index in [-0.39, 0.29) is 5.60 Å². The maximum atomic E-state index is 6.32. The fraction of sp³-hybridized carbons (Fsp3) is 1.00. The molecule has 0 saturated heterocycles. The van der Waals surface area contributed by atoms with Gasteiger partial charge >= 0.3 is 0 Å². The molecule has 2 aliphatic carbocycles. The topological polar surface area (TPSA) is 9.23 Å². The molecule has 0 aromatic heterocycles. The molecule has 0 aliphatic heterocycles. The first-order chi connectivity index (χ1) is 5.96. The van der Waals surface area contributed by atoms with Crippen LogP contribution in [-0.4, -0.2) is 19.3 Å². The molecule has 76 valence electrons. The molecule has 0 aromatic rings. The lowest BCUT2D eigenvalue weighted by atomic mass is 9.98. The van der Waals surface area contributed by atoms with Crippen LogP contribution < -0.4 is 0 Å². The Bertz CT molecular complexity index is 213. The molecule has 0 N–H and O–H groups in total. The Kier molecular flexibility index (Phi) is 2.29. The molecule has 2 saturated carbocycles. The van der Waals surface area contributed by atoms with Crippen molar-refractivity contribution in [3.8, 4) is 0 Å². The van der Waals surface area contributed by atoms with Gasteiger partial charge in [0, 0.05) is 5.92 Å². The van der Waals surface area contributed by atoms with E-state index in [9.17, 15) is 0 Å². The minimum Gasteiger partial charge on any atom is -0.410 e. The fourth-order valence-electron chi connectivity index (χ4n) is 2.68. The van der Waals surface area contributed by atoms with E-state index in [0.29, 0.717) is 11.3 Å². The van der Waals surface area contributed by atoms with E-state index in [1.54, 1.807) is 0 Å². The summed E-state index contributed by atoms with van der Waals surface area (Å²) in [5.74, 6) is 0.676. The zero-order valence-corrected chi connectivity index (χ0v) is 10.5. The van der Waals surface area contributed by atoms with Crippen LogP contribution >= 0.6 is 11.6 Å². The number of hydrogen-bond donors (Lipinski definition) is 0. The molecule has 1 nitrogen and oxygen atoms in total. The lowest BCUT2D eigenvalue weighted by molar-refractivity contribution is 0.121. The summed E-state index contributed by atoms with van der Waals surface area (Å²) in [6.45, 7) is 6.78. The third kappa shape index (κ3) is 1.69. The summed E-state index contributed by atoms with van der Waals surface area (Å²) in [6.07, 6.45) is 5.16. The molecule has 0 heterocycles. The van der Waals surface area contributed by atoms with Crippen LogP contribution in [0.2, 0.25) is 19.6 Å². The summed E-state index contributed by atoms with van der Waals surface area (Å²) in [5.41, 5.74) is 0.115. The van der Waals surface area contributed by atoms with Crippen molar-refractivity contribution in [3.05, 3.63) is 0 Å². The smallest absolute Gasteiger partial charge is 0.184 e. The average molecular weight is 219 g/mol. The zero-order valence-electron chi connectivity index (χ0n) is 8.77. The van der Waals surface area contributed by atoms with E-state index in [2.05, 4.69) is 19.6 Å². The third-order valence-electron chi connectivity index (χ3n) is 3.17. The summed E-state index contributed by atoms with van der Waals surface area (Å²) in [5, 5.41) is 0.321. The number of hydrogen-bond acceptors (Lipinski definition) is 1. The van der Waals surface area contributed by atoms with E-state index in [1.165, 1.54) is 25.7 Å². The van der Waals surface area contributed by atoms with Crippen molar-refractivity contribution >= 4 is 19.9 Å². The first kappa shape index (κ1) is 10.0. The van der Waals surface area contributed by atoms with Crippen LogP contribution in [0.1, 0.15) is 25.7 Å². The highest BCUT2D eigenvalue weighted by atomic mass is 35.5. The Morgan fingerprint density at radius 2 is 2.00 bits per heavy atom. The van der Waals surface area contributed by atoms with Crippen molar-refractivity contribution < 1.29 is 4.43 Å². The number of rotatable bonds is 2. The summed E-state index contributed by atoms with van der Waals surface area (Å²) in [6, 6.07) is 0. The van der Waals surface area contributed by atoms with Crippen LogP contribution in [0, 0.1) is 5.92 Å². The highest BCUT2D eigenvalue weighted by Gasteiger charge is 2.66. The number of fused-ring (bicyclic) bond motifs is 1. The molecular weight excluding hydrogens is 200 g/mol. The van der Waals surface area contributed by atoms with Crippen molar-refractivity contribution in [2.45, 2.75) is 56.3 Å². The van der Waals surface area contributed by atoms with Gasteiger partial charge in [0.2, 0.25) is 0 Å². The van der Waals surface area contributed by atoms with Gasteiger partial charge in [0.15, 0.2) is 8.32 Å². The summed E-state index contributed by atoms with van der Waals surface area (Å²) in [4.78, 5) is 0. The van der Waals surface area contributed by atoms with Crippen LogP contribution in [0.25, 0.3) is 0 Å².